The number of ether oxygens (including phenoxy) is 2. The summed E-state index contributed by atoms with van der Waals surface area (Å²) >= 11 is 1.75. The maximum absolute atomic E-state index is 5.66. The van der Waals surface area contributed by atoms with Gasteiger partial charge < -0.3 is 20.1 Å². The number of methoxy groups -OCH3 is 1. The second kappa shape index (κ2) is 10.3. The van der Waals surface area contributed by atoms with Crippen LogP contribution in [0.2, 0.25) is 0 Å². The van der Waals surface area contributed by atoms with Gasteiger partial charge in [0.05, 0.1) is 13.7 Å². The summed E-state index contributed by atoms with van der Waals surface area (Å²) in [4.78, 5) is 5.56. The zero-order chi connectivity index (χ0) is 18.9. The number of benzene rings is 1. The van der Waals surface area contributed by atoms with E-state index in [0.29, 0.717) is 0 Å². The van der Waals surface area contributed by atoms with E-state index in [2.05, 4.69) is 39.2 Å². The Labute approximate surface area is 165 Å². The highest BCUT2D eigenvalue weighted by molar-refractivity contribution is 7.10. The largest absolute Gasteiger partial charge is 0.497 e. The van der Waals surface area contributed by atoms with E-state index in [1.54, 1.807) is 25.5 Å². The zero-order valence-corrected chi connectivity index (χ0v) is 17.0. The predicted molar refractivity (Wildman–Crippen MR) is 113 cm³/mol. The average Bonchev–Trinajstić information content (AvgIpc) is 3.42. The third-order valence-electron chi connectivity index (χ3n) is 4.54. The van der Waals surface area contributed by atoms with Gasteiger partial charge in [-0.2, -0.15) is 0 Å². The Balaban J connectivity index is 1.38. The average molecular weight is 388 g/mol. The van der Waals surface area contributed by atoms with E-state index < -0.39 is 0 Å². The lowest BCUT2D eigenvalue weighted by Crippen LogP contribution is -2.37. The lowest BCUT2D eigenvalue weighted by Gasteiger charge is -2.11. The van der Waals surface area contributed by atoms with Gasteiger partial charge in [0.25, 0.3) is 0 Å². The molecule has 0 bridgehead atoms. The fourth-order valence-electron chi connectivity index (χ4n) is 2.72. The lowest BCUT2D eigenvalue weighted by molar-refractivity contribution is 0.123. The van der Waals surface area contributed by atoms with Crippen molar-refractivity contribution in [1.82, 2.24) is 10.6 Å². The zero-order valence-electron chi connectivity index (χ0n) is 16.2. The first-order valence-electron chi connectivity index (χ1n) is 9.52. The highest BCUT2D eigenvalue weighted by atomic mass is 32.1. The molecule has 1 aliphatic carbocycles. The molecule has 0 unspecified atom stereocenters. The van der Waals surface area contributed by atoms with Crippen LogP contribution in [0.3, 0.4) is 0 Å². The molecule has 2 N–H and O–H groups in total. The number of rotatable bonds is 10. The highest BCUT2D eigenvalue weighted by Gasteiger charge is 2.20. The van der Waals surface area contributed by atoms with Crippen LogP contribution in [0.15, 0.2) is 40.7 Å². The molecule has 1 fully saturated rings. The first-order valence-corrected chi connectivity index (χ1v) is 10.4. The topological polar surface area (TPSA) is 54.9 Å². The van der Waals surface area contributed by atoms with Crippen LogP contribution in [0.1, 0.15) is 24.1 Å². The smallest absolute Gasteiger partial charge is 0.191 e. The molecule has 1 aliphatic rings. The van der Waals surface area contributed by atoms with Gasteiger partial charge in [0, 0.05) is 31.7 Å². The summed E-state index contributed by atoms with van der Waals surface area (Å²) in [6.07, 6.45) is 3.68. The maximum atomic E-state index is 5.66. The van der Waals surface area contributed by atoms with Crippen LogP contribution in [0, 0.1) is 5.92 Å². The number of hydrogen-bond donors (Lipinski definition) is 2. The molecule has 1 heterocycles. The summed E-state index contributed by atoms with van der Waals surface area (Å²) in [5, 5.41) is 8.91. The predicted octanol–water partition coefficient (Wildman–Crippen LogP) is 3.91. The molecule has 0 atom stereocenters. The molecule has 0 aliphatic heterocycles. The van der Waals surface area contributed by atoms with E-state index in [4.69, 9.17) is 9.47 Å². The Morgan fingerprint density at radius 1 is 1.19 bits per heavy atom. The minimum atomic E-state index is 0.763. The van der Waals surface area contributed by atoms with Gasteiger partial charge >= 0.3 is 0 Å². The maximum Gasteiger partial charge on any atom is 0.191 e. The molecule has 0 spiro atoms. The molecule has 0 saturated heterocycles. The Morgan fingerprint density at radius 2 is 2.00 bits per heavy atom. The molecule has 1 aromatic heterocycles. The minimum Gasteiger partial charge on any atom is -0.497 e. The molecular weight excluding hydrogens is 358 g/mol. The quantitative estimate of drug-likeness (QED) is 0.369. The summed E-state index contributed by atoms with van der Waals surface area (Å²) in [5.41, 5.74) is 2.43. The fourth-order valence-corrected chi connectivity index (χ4v) is 3.55. The van der Waals surface area contributed by atoms with Gasteiger partial charge in [-0.05, 0) is 59.9 Å². The van der Waals surface area contributed by atoms with Crippen molar-refractivity contribution in [3.05, 3.63) is 40.6 Å². The summed E-state index contributed by atoms with van der Waals surface area (Å²) in [7, 11) is 3.49. The van der Waals surface area contributed by atoms with E-state index in [1.807, 2.05) is 12.1 Å². The Morgan fingerprint density at radius 3 is 2.70 bits per heavy atom. The Bertz CT molecular complexity index is 723. The number of nitrogens with zero attached hydrogens (tertiary/aromatic N) is 1. The van der Waals surface area contributed by atoms with Gasteiger partial charge in [0.2, 0.25) is 0 Å². The molecule has 1 aromatic carbocycles. The Hall–Kier alpha value is -2.05. The van der Waals surface area contributed by atoms with Gasteiger partial charge in [-0.3, -0.25) is 4.99 Å². The van der Waals surface area contributed by atoms with Crippen LogP contribution in [-0.2, 0) is 11.3 Å². The number of aliphatic imine (C=N–C) groups is 1. The number of nitrogens with one attached hydrogen (secondary N) is 2. The van der Waals surface area contributed by atoms with E-state index in [9.17, 15) is 0 Å². The van der Waals surface area contributed by atoms with Crippen molar-refractivity contribution in [2.24, 2.45) is 10.9 Å². The second-order valence-electron chi connectivity index (χ2n) is 6.75. The van der Waals surface area contributed by atoms with Gasteiger partial charge in [0.15, 0.2) is 5.96 Å². The molecular formula is C21H29N3O2S. The number of guanidine groups is 1. The Kier molecular flexibility index (Phi) is 7.54. The van der Waals surface area contributed by atoms with E-state index in [-0.39, 0.29) is 0 Å². The van der Waals surface area contributed by atoms with Crippen LogP contribution in [-0.4, -0.2) is 39.9 Å². The SMILES string of the molecule is CN=C(NCCCOCC1CC1)NCc1cc(-c2ccc(OC)cc2)cs1. The van der Waals surface area contributed by atoms with E-state index in [1.165, 1.54) is 28.8 Å². The van der Waals surface area contributed by atoms with E-state index in [0.717, 1.165) is 50.4 Å². The fraction of sp³-hybridized carbons (Fsp3) is 0.476. The first kappa shape index (κ1) is 19.7. The first-order chi connectivity index (χ1) is 13.3. The van der Waals surface area contributed by atoms with Crippen LogP contribution >= 0.6 is 11.3 Å². The third-order valence-corrected chi connectivity index (χ3v) is 5.48. The van der Waals surface area contributed by atoms with Crippen LogP contribution in [0.4, 0.5) is 0 Å². The molecule has 146 valence electrons. The molecule has 5 nitrogen and oxygen atoms in total. The van der Waals surface area contributed by atoms with Crippen molar-refractivity contribution in [2.75, 3.05) is 33.9 Å². The molecule has 1 saturated carbocycles. The van der Waals surface area contributed by atoms with Crippen molar-refractivity contribution in [1.29, 1.82) is 0 Å². The number of thiophene rings is 1. The highest BCUT2D eigenvalue weighted by Crippen LogP contribution is 2.29. The summed E-state index contributed by atoms with van der Waals surface area (Å²) in [6.45, 7) is 3.38. The molecule has 3 rings (SSSR count). The summed E-state index contributed by atoms with van der Waals surface area (Å²) < 4.78 is 10.9. The van der Waals surface area contributed by atoms with Crippen LogP contribution in [0.25, 0.3) is 11.1 Å². The monoisotopic (exact) mass is 387 g/mol. The van der Waals surface area contributed by atoms with Gasteiger partial charge in [-0.1, -0.05) is 12.1 Å². The van der Waals surface area contributed by atoms with Crippen molar-refractivity contribution in [3.63, 3.8) is 0 Å². The molecule has 2 aromatic rings. The molecule has 0 amide bonds. The summed E-state index contributed by atoms with van der Waals surface area (Å²) in [6, 6.07) is 10.4. The van der Waals surface area contributed by atoms with E-state index >= 15 is 0 Å². The third kappa shape index (κ3) is 6.56. The minimum absolute atomic E-state index is 0.763. The van der Waals surface area contributed by atoms with Crippen LogP contribution in [0.5, 0.6) is 5.75 Å². The van der Waals surface area contributed by atoms with Crippen molar-refractivity contribution in [3.8, 4) is 16.9 Å². The van der Waals surface area contributed by atoms with Crippen molar-refractivity contribution >= 4 is 17.3 Å². The van der Waals surface area contributed by atoms with Gasteiger partial charge in [-0.15, -0.1) is 11.3 Å². The number of hydrogen-bond acceptors (Lipinski definition) is 4. The van der Waals surface area contributed by atoms with Gasteiger partial charge in [0.1, 0.15) is 5.75 Å². The normalized spacial score (nSPS) is 14.2. The van der Waals surface area contributed by atoms with Crippen LogP contribution < -0.4 is 15.4 Å². The molecule has 6 heteroatoms. The summed E-state index contributed by atoms with van der Waals surface area (Å²) in [5.74, 6) is 2.54. The molecule has 0 radical (unpaired) electrons. The lowest BCUT2D eigenvalue weighted by atomic mass is 10.1. The van der Waals surface area contributed by atoms with Gasteiger partial charge in [-0.25, -0.2) is 0 Å². The standard InChI is InChI=1S/C21H29N3O2S/c1-22-21(23-10-3-11-26-14-16-4-5-16)24-13-20-12-18(15-27-20)17-6-8-19(25-2)9-7-17/h6-9,12,15-16H,3-5,10-11,13-14H2,1-2H3,(H2,22,23,24). The van der Waals surface area contributed by atoms with Crippen molar-refractivity contribution < 1.29 is 9.47 Å². The second-order valence-corrected chi connectivity index (χ2v) is 7.75. The molecule has 27 heavy (non-hydrogen) atoms. The van der Waals surface area contributed by atoms with Crippen molar-refractivity contribution in [2.45, 2.75) is 25.8 Å².